The van der Waals surface area contributed by atoms with Crippen molar-refractivity contribution in [3.63, 3.8) is 0 Å². The number of rotatable bonds is 5. The third-order valence-electron chi connectivity index (χ3n) is 5.03. The lowest BCUT2D eigenvalue weighted by Crippen LogP contribution is -2.48. The van der Waals surface area contributed by atoms with Crippen LogP contribution in [0.5, 0.6) is 0 Å². The van der Waals surface area contributed by atoms with Crippen molar-refractivity contribution in [3.8, 4) is 11.4 Å². The van der Waals surface area contributed by atoms with Gasteiger partial charge in [0.1, 0.15) is 5.82 Å². The molecule has 0 radical (unpaired) electrons. The van der Waals surface area contributed by atoms with Gasteiger partial charge in [0.25, 0.3) is 0 Å². The summed E-state index contributed by atoms with van der Waals surface area (Å²) >= 11 is 3.40. The number of hydrogen-bond acceptors (Lipinski definition) is 6. The van der Waals surface area contributed by atoms with Crippen molar-refractivity contribution in [2.75, 3.05) is 26.2 Å². The molecule has 0 spiro atoms. The smallest absolute Gasteiger partial charge is 0.243 e. The highest BCUT2D eigenvalue weighted by atomic mass is 79.9. The topological polar surface area (TPSA) is 79.5 Å². The second-order valence-corrected chi connectivity index (χ2v) is 9.90. The van der Waals surface area contributed by atoms with Crippen molar-refractivity contribution in [1.29, 1.82) is 0 Å². The van der Waals surface area contributed by atoms with E-state index >= 15 is 0 Å². The Morgan fingerprint density at radius 3 is 2.47 bits per heavy atom. The first kappa shape index (κ1) is 21.1. The maximum absolute atomic E-state index is 13.1. The average Bonchev–Trinajstić information content (AvgIpc) is 3.19. The highest BCUT2D eigenvalue weighted by Gasteiger charge is 2.29. The summed E-state index contributed by atoms with van der Waals surface area (Å²) in [6.07, 6.45) is 0. The molecule has 0 saturated carbocycles. The van der Waals surface area contributed by atoms with Crippen LogP contribution in [0.2, 0.25) is 0 Å². The molecule has 7 nitrogen and oxygen atoms in total. The molecular weight excluding hydrogens is 475 g/mol. The average molecular weight is 495 g/mol. The van der Waals surface area contributed by atoms with Gasteiger partial charge in [0.2, 0.25) is 21.7 Å². The highest BCUT2D eigenvalue weighted by molar-refractivity contribution is 9.10. The quantitative estimate of drug-likeness (QED) is 0.540. The molecular formula is C20H20BrFN4O3S. The molecule has 2 heterocycles. The minimum atomic E-state index is -3.53. The lowest BCUT2D eigenvalue weighted by molar-refractivity contribution is 0.163. The molecule has 0 atom stereocenters. The maximum Gasteiger partial charge on any atom is 0.243 e. The van der Waals surface area contributed by atoms with Gasteiger partial charge in [-0.3, -0.25) is 4.90 Å². The van der Waals surface area contributed by atoms with E-state index in [-0.39, 0.29) is 5.82 Å². The molecule has 1 fully saturated rings. The number of halogens is 2. The van der Waals surface area contributed by atoms with E-state index in [0.717, 1.165) is 10.0 Å². The zero-order chi connectivity index (χ0) is 21.3. The molecule has 2 aromatic carbocycles. The summed E-state index contributed by atoms with van der Waals surface area (Å²) in [5, 5.41) is 3.95. The van der Waals surface area contributed by atoms with E-state index in [1.54, 1.807) is 30.3 Å². The molecule has 0 N–H and O–H groups in total. The fraction of sp³-hybridized carbons (Fsp3) is 0.300. The Bertz CT molecular complexity index is 1140. The molecule has 0 aliphatic carbocycles. The first-order valence-electron chi connectivity index (χ1n) is 9.40. The molecule has 1 saturated heterocycles. The van der Waals surface area contributed by atoms with Crippen LogP contribution in [0, 0.1) is 12.7 Å². The summed E-state index contributed by atoms with van der Waals surface area (Å²) in [6.45, 7) is 4.18. The lowest BCUT2D eigenvalue weighted by Gasteiger charge is -2.33. The molecule has 1 aliphatic heterocycles. The van der Waals surface area contributed by atoms with Crippen LogP contribution in [0.25, 0.3) is 11.4 Å². The Kier molecular flexibility index (Phi) is 6.01. The van der Waals surface area contributed by atoms with E-state index in [1.165, 1.54) is 16.4 Å². The number of hydrogen-bond donors (Lipinski definition) is 0. The van der Waals surface area contributed by atoms with E-state index in [1.807, 2.05) is 6.92 Å². The fourth-order valence-electron chi connectivity index (χ4n) is 3.28. The van der Waals surface area contributed by atoms with Crippen molar-refractivity contribution in [1.82, 2.24) is 19.3 Å². The summed E-state index contributed by atoms with van der Waals surface area (Å²) < 4.78 is 46.6. The van der Waals surface area contributed by atoms with Gasteiger partial charge < -0.3 is 4.52 Å². The zero-order valence-corrected chi connectivity index (χ0v) is 18.7. The molecule has 1 aromatic heterocycles. The summed E-state index contributed by atoms with van der Waals surface area (Å²) in [6, 6.07) is 10.9. The largest absolute Gasteiger partial charge is 0.338 e. The van der Waals surface area contributed by atoms with E-state index in [9.17, 15) is 12.8 Å². The third kappa shape index (κ3) is 4.46. The van der Waals surface area contributed by atoms with Gasteiger partial charge in [-0.2, -0.15) is 9.29 Å². The van der Waals surface area contributed by atoms with Gasteiger partial charge >= 0.3 is 0 Å². The van der Waals surface area contributed by atoms with Crippen LogP contribution < -0.4 is 0 Å². The molecule has 10 heteroatoms. The van der Waals surface area contributed by atoms with Gasteiger partial charge in [-0.15, -0.1) is 0 Å². The molecule has 0 unspecified atom stereocenters. The normalized spacial score (nSPS) is 16.1. The summed E-state index contributed by atoms with van der Waals surface area (Å²) in [5.74, 6) is 0.513. The van der Waals surface area contributed by atoms with E-state index in [0.29, 0.717) is 54.9 Å². The summed E-state index contributed by atoms with van der Waals surface area (Å²) in [7, 11) is -3.53. The lowest BCUT2D eigenvalue weighted by atomic mass is 10.2. The molecule has 3 aromatic rings. The predicted molar refractivity (Wildman–Crippen MR) is 113 cm³/mol. The first-order chi connectivity index (χ1) is 14.3. The molecule has 158 valence electrons. The number of benzene rings is 2. The van der Waals surface area contributed by atoms with Gasteiger partial charge in [0, 0.05) is 36.2 Å². The van der Waals surface area contributed by atoms with Gasteiger partial charge in [-0.05, 0) is 55.0 Å². The summed E-state index contributed by atoms with van der Waals surface area (Å²) in [4.78, 5) is 6.73. The van der Waals surface area contributed by atoms with Gasteiger partial charge in [0.05, 0.1) is 11.4 Å². The molecule has 1 aliphatic rings. The van der Waals surface area contributed by atoms with Crippen molar-refractivity contribution in [3.05, 3.63) is 64.2 Å². The molecule has 30 heavy (non-hydrogen) atoms. The van der Waals surface area contributed by atoms with Crippen LogP contribution in [0.4, 0.5) is 4.39 Å². The SMILES string of the molecule is Cc1cc(S(=O)(=O)N2CCN(Cc3nc(-c4ccc(F)cc4)no3)CC2)ccc1Br. The Hall–Kier alpha value is -2.14. The fourth-order valence-corrected chi connectivity index (χ4v) is 5.04. The second-order valence-electron chi connectivity index (χ2n) is 7.11. The standard InChI is InChI=1S/C20H20BrFN4O3S/c1-14-12-17(6-7-18(14)21)30(27,28)26-10-8-25(9-11-26)13-19-23-20(24-29-19)15-2-4-16(22)5-3-15/h2-7,12H,8-11,13H2,1H3. The van der Waals surface area contributed by atoms with Crippen LogP contribution in [-0.4, -0.2) is 53.9 Å². The first-order valence-corrected chi connectivity index (χ1v) is 11.6. The molecule has 4 rings (SSSR count). The minimum absolute atomic E-state index is 0.303. The number of aryl methyl sites for hydroxylation is 1. The van der Waals surface area contributed by atoms with Gasteiger partial charge in [-0.1, -0.05) is 21.1 Å². The van der Waals surface area contributed by atoms with E-state index in [4.69, 9.17) is 4.52 Å². The number of nitrogens with zero attached hydrogens (tertiary/aromatic N) is 4. The van der Waals surface area contributed by atoms with Crippen molar-refractivity contribution < 1.29 is 17.3 Å². The Morgan fingerprint density at radius 1 is 1.10 bits per heavy atom. The Labute approximate surface area is 182 Å². The Balaban J connectivity index is 1.38. The van der Waals surface area contributed by atoms with E-state index < -0.39 is 10.0 Å². The zero-order valence-electron chi connectivity index (χ0n) is 16.3. The predicted octanol–water partition coefficient (Wildman–Crippen LogP) is 3.45. The minimum Gasteiger partial charge on any atom is -0.338 e. The van der Waals surface area contributed by atoms with Crippen LogP contribution in [0.1, 0.15) is 11.5 Å². The van der Waals surface area contributed by atoms with Crippen LogP contribution in [0.15, 0.2) is 56.4 Å². The van der Waals surface area contributed by atoms with Gasteiger partial charge in [0.15, 0.2) is 0 Å². The van der Waals surface area contributed by atoms with Crippen molar-refractivity contribution in [2.24, 2.45) is 0 Å². The highest BCUT2D eigenvalue weighted by Crippen LogP contribution is 2.24. The van der Waals surface area contributed by atoms with Gasteiger partial charge in [-0.25, -0.2) is 12.8 Å². The number of sulfonamides is 1. The van der Waals surface area contributed by atoms with Crippen molar-refractivity contribution in [2.45, 2.75) is 18.4 Å². The second kappa shape index (κ2) is 8.54. The van der Waals surface area contributed by atoms with Crippen LogP contribution >= 0.6 is 15.9 Å². The number of piperazine rings is 1. The molecule has 0 amide bonds. The van der Waals surface area contributed by atoms with E-state index in [2.05, 4.69) is 31.0 Å². The summed E-state index contributed by atoms with van der Waals surface area (Å²) in [5.41, 5.74) is 1.55. The number of aromatic nitrogens is 2. The van der Waals surface area contributed by atoms with Crippen LogP contribution in [-0.2, 0) is 16.6 Å². The Morgan fingerprint density at radius 2 is 1.80 bits per heavy atom. The van der Waals surface area contributed by atoms with Crippen molar-refractivity contribution >= 4 is 26.0 Å². The molecule has 0 bridgehead atoms. The monoisotopic (exact) mass is 494 g/mol. The third-order valence-corrected chi connectivity index (χ3v) is 7.81. The van der Waals surface area contributed by atoms with Crippen LogP contribution in [0.3, 0.4) is 0 Å². The maximum atomic E-state index is 13.1.